The van der Waals surface area contributed by atoms with Crippen molar-refractivity contribution in [3.05, 3.63) is 49.8 Å². The zero-order valence-electron chi connectivity index (χ0n) is 10.9. The molecule has 6 heteroatoms. The molecule has 0 saturated carbocycles. The molecule has 3 rings (SSSR count). The summed E-state index contributed by atoms with van der Waals surface area (Å²) in [4.78, 5) is 13.4. The maximum Gasteiger partial charge on any atom is 0.256 e. The van der Waals surface area contributed by atoms with Crippen LogP contribution in [0.5, 0.6) is 0 Å². The number of nitrogens with one attached hydrogen (secondary N) is 2. The molecule has 1 atom stereocenters. The fourth-order valence-corrected chi connectivity index (χ4v) is 4.00. The third-order valence-corrected chi connectivity index (χ3v) is 5.25. The van der Waals surface area contributed by atoms with E-state index in [4.69, 9.17) is 23.2 Å². The number of rotatable bonds is 1. The van der Waals surface area contributed by atoms with Crippen molar-refractivity contribution in [3.63, 3.8) is 0 Å². The van der Waals surface area contributed by atoms with E-state index < -0.39 is 6.17 Å². The fourth-order valence-electron chi connectivity index (χ4n) is 2.30. The third-order valence-electron chi connectivity index (χ3n) is 3.45. The molecule has 104 valence electrons. The summed E-state index contributed by atoms with van der Waals surface area (Å²) in [7, 11) is 0. The Morgan fingerprint density at radius 1 is 1.15 bits per heavy atom. The number of benzene rings is 1. The number of anilines is 1. The molecule has 1 amide bonds. The van der Waals surface area contributed by atoms with Crippen LogP contribution < -0.4 is 10.6 Å². The number of carbonyl (C=O) groups excluding carboxylic acids is 1. The summed E-state index contributed by atoms with van der Waals surface area (Å²) in [6, 6.07) is 5.30. The molecule has 20 heavy (non-hydrogen) atoms. The highest BCUT2D eigenvalue weighted by Gasteiger charge is 2.30. The van der Waals surface area contributed by atoms with E-state index in [1.807, 2.05) is 13.8 Å². The van der Waals surface area contributed by atoms with Crippen LogP contribution in [0.4, 0.5) is 5.00 Å². The molecule has 0 radical (unpaired) electrons. The number of carbonyl (C=O) groups is 1. The van der Waals surface area contributed by atoms with Crippen LogP contribution in [-0.4, -0.2) is 5.91 Å². The predicted octanol–water partition coefficient (Wildman–Crippen LogP) is 4.53. The standard InChI is InChI=1S/C14H12Cl2N2OS/c1-6-7(2)20-14-10(6)13(19)17-12(18-14)11-8(15)4-3-5-9(11)16/h3-5,12,18H,1-2H3,(H,17,19)/t12-/m0/s1. The molecular weight excluding hydrogens is 315 g/mol. The van der Waals surface area contributed by atoms with Crippen molar-refractivity contribution in [3.8, 4) is 0 Å². The summed E-state index contributed by atoms with van der Waals surface area (Å²) in [5.74, 6) is -0.0958. The lowest BCUT2D eigenvalue weighted by Crippen LogP contribution is -2.38. The van der Waals surface area contributed by atoms with Gasteiger partial charge in [0.15, 0.2) is 0 Å². The minimum atomic E-state index is -0.409. The minimum absolute atomic E-state index is 0.0958. The summed E-state index contributed by atoms with van der Waals surface area (Å²) in [6.45, 7) is 3.96. The molecule has 0 aliphatic carbocycles. The van der Waals surface area contributed by atoms with Gasteiger partial charge in [0.1, 0.15) is 11.2 Å². The van der Waals surface area contributed by atoms with E-state index in [-0.39, 0.29) is 5.91 Å². The van der Waals surface area contributed by atoms with Gasteiger partial charge in [0.25, 0.3) is 5.91 Å². The van der Waals surface area contributed by atoms with Gasteiger partial charge >= 0.3 is 0 Å². The van der Waals surface area contributed by atoms with Gasteiger partial charge in [-0.2, -0.15) is 0 Å². The van der Waals surface area contributed by atoms with Gasteiger partial charge in [-0.05, 0) is 31.5 Å². The van der Waals surface area contributed by atoms with Crippen LogP contribution in [0, 0.1) is 13.8 Å². The average Bonchev–Trinajstić information content (AvgIpc) is 2.65. The van der Waals surface area contributed by atoms with Gasteiger partial charge in [0.2, 0.25) is 0 Å². The van der Waals surface area contributed by atoms with Crippen molar-refractivity contribution in [2.45, 2.75) is 20.0 Å². The second-order valence-electron chi connectivity index (χ2n) is 4.67. The zero-order chi connectivity index (χ0) is 14.4. The number of fused-ring (bicyclic) bond motifs is 1. The molecule has 2 N–H and O–H groups in total. The van der Waals surface area contributed by atoms with E-state index in [2.05, 4.69) is 10.6 Å². The number of thiophene rings is 1. The Bertz CT molecular complexity index is 691. The van der Waals surface area contributed by atoms with E-state index >= 15 is 0 Å². The largest absolute Gasteiger partial charge is 0.353 e. The van der Waals surface area contributed by atoms with Crippen LogP contribution in [0.25, 0.3) is 0 Å². The molecule has 0 saturated heterocycles. The highest BCUT2D eigenvalue weighted by Crippen LogP contribution is 2.39. The lowest BCUT2D eigenvalue weighted by atomic mass is 10.1. The van der Waals surface area contributed by atoms with Crippen LogP contribution in [0.2, 0.25) is 10.0 Å². The quantitative estimate of drug-likeness (QED) is 0.808. The molecular formula is C14H12Cl2N2OS. The van der Waals surface area contributed by atoms with Crippen LogP contribution >= 0.6 is 34.5 Å². The van der Waals surface area contributed by atoms with Gasteiger partial charge in [-0.15, -0.1) is 11.3 Å². The molecule has 3 nitrogen and oxygen atoms in total. The summed E-state index contributed by atoms with van der Waals surface area (Å²) in [6.07, 6.45) is -0.409. The topological polar surface area (TPSA) is 41.1 Å². The molecule has 0 spiro atoms. The maximum absolute atomic E-state index is 12.3. The number of halogens is 2. The van der Waals surface area contributed by atoms with Crippen molar-refractivity contribution in [2.75, 3.05) is 5.32 Å². The number of amides is 1. The van der Waals surface area contributed by atoms with Crippen molar-refractivity contribution >= 4 is 45.4 Å². The first kappa shape index (κ1) is 13.7. The minimum Gasteiger partial charge on any atom is -0.353 e. The Morgan fingerprint density at radius 2 is 1.80 bits per heavy atom. The van der Waals surface area contributed by atoms with Gasteiger partial charge in [0.05, 0.1) is 5.56 Å². The lowest BCUT2D eigenvalue weighted by Gasteiger charge is -2.27. The predicted molar refractivity (Wildman–Crippen MR) is 84.1 cm³/mol. The number of hydrogen-bond acceptors (Lipinski definition) is 3. The first-order valence-corrected chi connectivity index (χ1v) is 7.67. The molecule has 1 aromatic heterocycles. The highest BCUT2D eigenvalue weighted by atomic mass is 35.5. The molecule has 1 aromatic carbocycles. The zero-order valence-corrected chi connectivity index (χ0v) is 13.2. The number of hydrogen-bond donors (Lipinski definition) is 2. The average molecular weight is 327 g/mol. The Labute approximate surface area is 130 Å². The maximum atomic E-state index is 12.3. The van der Waals surface area contributed by atoms with Crippen molar-refractivity contribution in [1.82, 2.24) is 5.32 Å². The van der Waals surface area contributed by atoms with Crippen LogP contribution in [0.15, 0.2) is 18.2 Å². The van der Waals surface area contributed by atoms with Crippen molar-refractivity contribution < 1.29 is 4.79 Å². The van der Waals surface area contributed by atoms with Gasteiger partial charge < -0.3 is 10.6 Å². The van der Waals surface area contributed by atoms with E-state index in [0.717, 1.165) is 15.4 Å². The second kappa shape index (κ2) is 4.95. The van der Waals surface area contributed by atoms with Crippen molar-refractivity contribution in [2.24, 2.45) is 0 Å². The summed E-state index contributed by atoms with van der Waals surface area (Å²) in [5.41, 5.74) is 2.42. The molecule has 2 aromatic rings. The summed E-state index contributed by atoms with van der Waals surface area (Å²) < 4.78 is 0. The van der Waals surface area contributed by atoms with Crippen LogP contribution in [0.3, 0.4) is 0 Å². The monoisotopic (exact) mass is 326 g/mol. The van der Waals surface area contributed by atoms with Gasteiger partial charge in [-0.1, -0.05) is 29.3 Å². The molecule has 0 bridgehead atoms. The summed E-state index contributed by atoms with van der Waals surface area (Å²) >= 11 is 14.0. The molecule has 0 fully saturated rings. The first-order chi connectivity index (χ1) is 9.49. The molecule has 0 unspecified atom stereocenters. The Hall–Kier alpha value is -1.23. The third kappa shape index (κ3) is 2.08. The SMILES string of the molecule is Cc1sc2c(c1C)C(=O)N[C@H](c1c(Cl)cccc1Cl)N2. The van der Waals surface area contributed by atoms with E-state index in [1.165, 1.54) is 0 Å². The van der Waals surface area contributed by atoms with E-state index in [9.17, 15) is 4.79 Å². The van der Waals surface area contributed by atoms with E-state index in [0.29, 0.717) is 21.2 Å². The van der Waals surface area contributed by atoms with Crippen LogP contribution in [0.1, 0.15) is 32.5 Å². The molecule has 1 aliphatic rings. The smallest absolute Gasteiger partial charge is 0.256 e. The van der Waals surface area contributed by atoms with E-state index in [1.54, 1.807) is 29.5 Å². The fraction of sp³-hybridized carbons (Fsp3) is 0.214. The first-order valence-electron chi connectivity index (χ1n) is 6.10. The molecule has 1 aliphatic heterocycles. The molecule has 2 heterocycles. The van der Waals surface area contributed by atoms with Gasteiger partial charge in [-0.3, -0.25) is 4.79 Å². The lowest BCUT2D eigenvalue weighted by molar-refractivity contribution is 0.0936. The highest BCUT2D eigenvalue weighted by molar-refractivity contribution is 7.16. The van der Waals surface area contributed by atoms with Crippen LogP contribution in [-0.2, 0) is 0 Å². The summed E-state index contributed by atoms with van der Waals surface area (Å²) in [5, 5.41) is 8.15. The Morgan fingerprint density at radius 3 is 2.45 bits per heavy atom. The Kier molecular flexibility index (Phi) is 3.40. The van der Waals surface area contributed by atoms with Gasteiger partial charge in [0, 0.05) is 20.5 Å². The number of aryl methyl sites for hydroxylation is 1. The second-order valence-corrected chi connectivity index (χ2v) is 6.71. The van der Waals surface area contributed by atoms with Gasteiger partial charge in [-0.25, -0.2) is 0 Å². The van der Waals surface area contributed by atoms with Crippen molar-refractivity contribution in [1.29, 1.82) is 0 Å². The Balaban J connectivity index is 2.06. The normalized spacial score (nSPS) is 17.4.